The molecule has 1 aliphatic rings. The van der Waals surface area contributed by atoms with Crippen LogP contribution in [0.2, 0.25) is 0 Å². The Balaban J connectivity index is 1.74. The van der Waals surface area contributed by atoms with Crippen LogP contribution in [-0.2, 0) is 11.4 Å². The van der Waals surface area contributed by atoms with Crippen LogP contribution in [0.5, 0.6) is 11.5 Å². The number of imide groups is 1. The van der Waals surface area contributed by atoms with Gasteiger partial charge in [-0.25, -0.2) is 0 Å². The molecule has 1 saturated heterocycles. The van der Waals surface area contributed by atoms with Crippen LogP contribution in [0.25, 0.3) is 6.08 Å². The second-order valence-corrected chi connectivity index (χ2v) is 7.36. The van der Waals surface area contributed by atoms with Crippen molar-refractivity contribution in [2.24, 2.45) is 0 Å². The van der Waals surface area contributed by atoms with Gasteiger partial charge in [-0.15, -0.1) is 0 Å². The topological polar surface area (TPSA) is 55.8 Å². The average molecular weight is 397 g/mol. The second-order valence-electron chi connectivity index (χ2n) is 6.37. The van der Waals surface area contributed by atoms with E-state index in [1.54, 1.807) is 19.3 Å². The molecular formula is C22H23NO4S. The van der Waals surface area contributed by atoms with Crippen molar-refractivity contribution < 1.29 is 19.1 Å². The van der Waals surface area contributed by atoms with E-state index in [1.807, 2.05) is 49.4 Å². The fourth-order valence-electron chi connectivity index (χ4n) is 2.79. The molecule has 1 aliphatic heterocycles. The van der Waals surface area contributed by atoms with Crippen molar-refractivity contribution in [3.8, 4) is 11.5 Å². The third-order valence-electron chi connectivity index (χ3n) is 4.33. The van der Waals surface area contributed by atoms with Crippen molar-refractivity contribution in [2.75, 3.05) is 13.7 Å². The van der Waals surface area contributed by atoms with E-state index in [2.05, 4.69) is 0 Å². The Morgan fingerprint density at radius 1 is 1.07 bits per heavy atom. The minimum absolute atomic E-state index is 0.209. The average Bonchev–Trinajstić information content (AvgIpc) is 2.98. The summed E-state index contributed by atoms with van der Waals surface area (Å²) in [4.78, 5) is 26.3. The number of carbonyl (C=O) groups is 2. The summed E-state index contributed by atoms with van der Waals surface area (Å²) in [6, 6.07) is 15.4. The number of hydrogen-bond donors (Lipinski definition) is 0. The van der Waals surface area contributed by atoms with E-state index in [4.69, 9.17) is 9.47 Å². The van der Waals surface area contributed by atoms with E-state index >= 15 is 0 Å². The number of nitrogens with zero attached hydrogens (tertiary/aromatic N) is 1. The first-order chi connectivity index (χ1) is 13.6. The van der Waals surface area contributed by atoms with E-state index in [1.165, 1.54) is 4.90 Å². The van der Waals surface area contributed by atoms with Crippen LogP contribution in [0.3, 0.4) is 0 Å². The van der Waals surface area contributed by atoms with E-state index in [0.717, 1.165) is 35.7 Å². The molecule has 146 valence electrons. The number of methoxy groups -OCH3 is 1. The number of benzene rings is 2. The van der Waals surface area contributed by atoms with Gasteiger partial charge in [-0.1, -0.05) is 49.7 Å². The number of ether oxygens (including phenoxy) is 2. The zero-order valence-electron chi connectivity index (χ0n) is 16.0. The number of rotatable bonds is 8. The van der Waals surface area contributed by atoms with Gasteiger partial charge in [-0.05, 0) is 47.5 Å². The number of carbonyl (C=O) groups excluding carboxylic acids is 2. The van der Waals surface area contributed by atoms with Gasteiger partial charge >= 0.3 is 0 Å². The molecule has 0 N–H and O–H groups in total. The summed E-state index contributed by atoms with van der Waals surface area (Å²) < 4.78 is 11.3. The van der Waals surface area contributed by atoms with Gasteiger partial charge in [0.2, 0.25) is 0 Å². The van der Waals surface area contributed by atoms with E-state index in [0.29, 0.717) is 29.6 Å². The molecule has 0 aliphatic carbocycles. The molecule has 2 aromatic carbocycles. The highest BCUT2D eigenvalue weighted by Gasteiger charge is 2.34. The number of unbranched alkanes of at least 4 members (excludes halogenated alkanes) is 1. The summed E-state index contributed by atoms with van der Waals surface area (Å²) in [6.07, 6.45) is 3.47. The van der Waals surface area contributed by atoms with Gasteiger partial charge in [0.25, 0.3) is 11.1 Å². The quantitative estimate of drug-likeness (QED) is 0.579. The third-order valence-corrected chi connectivity index (χ3v) is 5.24. The molecule has 0 unspecified atom stereocenters. The Hall–Kier alpha value is -2.73. The van der Waals surface area contributed by atoms with Crippen LogP contribution in [0, 0.1) is 0 Å². The van der Waals surface area contributed by atoms with Gasteiger partial charge in [-0.3, -0.25) is 14.5 Å². The number of hydrogen-bond acceptors (Lipinski definition) is 5. The van der Waals surface area contributed by atoms with Crippen LogP contribution in [-0.4, -0.2) is 29.7 Å². The molecule has 1 heterocycles. The molecule has 3 rings (SSSR count). The highest BCUT2D eigenvalue weighted by molar-refractivity contribution is 8.18. The van der Waals surface area contributed by atoms with E-state index < -0.39 is 0 Å². The van der Waals surface area contributed by atoms with Gasteiger partial charge in [0, 0.05) is 6.54 Å². The van der Waals surface area contributed by atoms with Crippen molar-refractivity contribution in [3.05, 3.63) is 64.6 Å². The second kappa shape index (κ2) is 9.46. The molecule has 0 atom stereocenters. The highest BCUT2D eigenvalue weighted by Crippen LogP contribution is 2.34. The SMILES string of the molecule is CCCCN1C(=O)S/C(=C\c2ccc(OCc3ccccc3)c(OC)c2)C1=O. The van der Waals surface area contributed by atoms with Crippen LogP contribution in [0.1, 0.15) is 30.9 Å². The molecule has 0 saturated carbocycles. The minimum Gasteiger partial charge on any atom is -0.493 e. The minimum atomic E-state index is -0.230. The van der Waals surface area contributed by atoms with Gasteiger partial charge in [-0.2, -0.15) is 0 Å². The van der Waals surface area contributed by atoms with Crippen LogP contribution in [0.4, 0.5) is 4.79 Å². The smallest absolute Gasteiger partial charge is 0.293 e. The van der Waals surface area contributed by atoms with Crippen molar-refractivity contribution in [2.45, 2.75) is 26.4 Å². The maximum absolute atomic E-state index is 12.5. The van der Waals surface area contributed by atoms with E-state index in [9.17, 15) is 9.59 Å². The molecular weight excluding hydrogens is 374 g/mol. The predicted octanol–water partition coefficient (Wildman–Crippen LogP) is 5.11. The molecule has 2 aromatic rings. The zero-order valence-corrected chi connectivity index (χ0v) is 16.8. The Morgan fingerprint density at radius 3 is 2.57 bits per heavy atom. The molecule has 0 radical (unpaired) electrons. The lowest BCUT2D eigenvalue weighted by molar-refractivity contribution is -0.122. The Bertz CT molecular complexity index is 879. The van der Waals surface area contributed by atoms with Crippen molar-refractivity contribution in [1.29, 1.82) is 0 Å². The molecule has 0 aromatic heterocycles. The summed E-state index contributed by atoms with van der Waals surface area (Å²) in [5, 5.41) is -0.209. The van der Waals surface area contributed by atoms with Gasteiger partial charge in [0.05, 0.1) is 12.0 Å². The highest BCUT2D eigenvalue weighted by atomic mass is 32.2. The maximum atomic E-state index is 12.5. The molecule has 0 spiro atoms. The maximum Gasteiger partial charge on any atom is 0.293 e. The lowest BCUT2D eigenvalue weighted by Crippen LogP contribution is -2.29. The van der Waals surface area contributed by atoms with E-state index in [-0.39, 0.29) is 11.1 Å². The number of thioether (sulfide) groups is 1. The van der Waals surface area contributed by atoms with Crippen molar-refractivity contribution in [3.63, 3.8) is 0 Å². The summed E-state index contributed by atoms with van der Waals surface area (Å²) in [5.41, 5.74) is 1.85. The number of amides is 2. The zero-order chi connectivity index (χ0) is 19.9. The first-order valence-electron chi connectivity index (χ1n) is 9.22. The standard InChI is InChI=1S/C22H23NO4S/c1-3-4-12-23-21(24)20(28-22(23)25)14-17-10-11-18(19(13-17)26-2)27-15-16-8-6-5-7-9-16/h5-11,13-14H,3-4,12,15H2,1-2H3/b20-14-. The summed E-state index contributed by atoms with van der Waals surface area (Å²) in [6.45, 7) is 2.93. The first-order valence-corrected chi connectivity index (χ1v) is 10.0. The first kappa shape index (κ1) is 20.0. The molecule has 2 amide bonds. The van der Waals surface area contributed by atoms with Gasteiger partial charge in [0.1, 0.15) is 6.61 Å². The molecule has 6 heteroatoms. The summed E-state index contributed by atoms with van der Waals surface area (Å²) in [7, 11) is 1.58. The fourth-order valence-corrected chi connectivity index (χ4v) is 3.65. The lowest BCUT2D eigenvalue weighted by Gasteiger charge is -2.12. The third kappa shape index (κ3) is 4.75. The van der Waals surface area contributed by atoms with Crippen LogP contribution < -0.4 is 9.47 Å². The molecule has 1 fully saturated rings. The fraction of sp³-hybridized carbons (Fsp3) is 0.273. The van der Waals surface area contributed by atoms with Crippen molar-refractivity contribution in [1.82, 2.24) is 4.90 Å². The van der Waals surface area contributed by atoms with Gasteiger partial charge < -0.3 is 9.47 Å². The Labute approximate surface area is 169 Å². The molecule has 28 heavy (non-hydrogen) atoms. The van der Waals surface area contributed by atoms with Gasteiger partial charge in [0.15, 0.2) is 11.5 Å². The summed E-state index contributed by atoms with van der Waals surface area (Å²) in [5.74, 6) is 0.973. The molecule has 0 bridgehead atoms. The normalized spacial score (nSPS) is 15.4. The lowest BCUT2D eigenvalue weighted by atomic mass is 10.1. The summed E-state index contributed by atoms with van der Waals surface area (Å²) >= 11 is 0.979. The van der Waals surface area contributed by atoms with Crippen molar-refractivity contribution >= 4 is 29.0 Å². The van der Waals surface area contributed by atoms with Crippen LogP contribution in [0.15, 0.2) is 53.4 Å². The predicted molar refractivity (Wildman–Crippen MR) is 111 cm³/mol. The van der Waals surface area contributed by atoms with Crippen LogP contribution >= 0.6 is 11.8 Å². The monoisotopic (exact) mass is 397 g/mol. The Kier molecular flexibility index (Phi) is 6.76. The largest absolute Gasteiger partial charge is 0.493 e. The Morgan fingerprint density at radius 2 is 1.86 bits per heavy atom. The molecule has 5 nitrogen and oxygen atoms in total.